The number of nitrogens with one attached hydrogen (secondary N) is 1. The smallest absolute Gasteiger partial charge is 0.243 e. The molecule has 0 saturated carbocycles. The second kappa shape index (κ2) is 9.96. The second-order valence-electron chi connectivity index (χ2n) is 7.27. The van der Waals surface area contributed by atoms with E-state index in [1.165, 1.54) is 16.4 Å². The van der Waals surface area contributed by atoms with Crippen LogP contribution in [0.2, 0.25) is 15.1 Å². The largest absolute Gasteiger partial charge is 0.494 e. The number of ether oxygens (including phenoxy) is 1. The minimum absolute atomic E-state index is 0.221. The third kappa shape index (κ3) is 5.46. The third-order valence-electron chi connectivity index (χ3n) is 5.18. The SMILES string of the molecule is CCOc1ccc(S(=O)(=O)N2CCC(C(=O)Nc3cc(Cl)c(Cl)cc3Cl)CC2)cc1C. The molecule has 1 aliphatic rings. The first kappa shape index (κ1) is 24.1. The van der Waals surface area contributed by atoms with Crippen molar-refractivity contribution in [1.29, 1.82) is 0 Å². The fourth-order valence-corrected chi connectivity index (χ4v) is 5.61. The Morgan fingerprint density at radius 3 is 2.35 bits per heavy atom. The van der Waals surface area contributed by atoms with Crippen LogP contribution < -0.4 is 10.1 Å². The summed E-state index contributed by atoms with van der Waals surface area (Å²) in [6.07, 6.45) is 0.806. The van der Waals surface area contributed by atoms with Gasteiger partial charge in [0.25, 0.3) is 0 Å². The Kier molecular flexibility index (Phi) is 7.76. The summed E-state index contributed by atoms with van der Waals surface area (Å²) in [6, 6.07) is 7.81. The minimum Gasteiger partial charge on any atom is -0.494 e. The van der Waals surface area contributed by atoms with E-state index in [0.717, 1.165) is 5.56 Å². The molecule has 1 fully saturated rings. The van der Waals surface area contributed by atoms with Crippen LogP contribution in [0.3, 0.4) is 0 Å². The van der Waals surface area contributed by atoms with E-state index in [0.29, 0.717) is 35.9 Å². The van der Waals surface area contributed by atoms with Crippen molar-refractivity contribution in [3.63, 3.8) is 0 Å². The molecule has 1 aliphatic heterocycles. The Labute approximate surface area is 197 Å². The number of rotatable bonds is 6. The van der Waals surface area contributed by atoms with Gasteiger partial charge in [0.1, 0.15) is 5.75 Å². The summed E-state index contributed by atoms with van der Waals surface area (Å²) in [7, 11) is -3.65. The van der Waals surface area contributed by atoms with Gasteiger partial charge < -0.3 is 10.1 Å². The standard InChI is InChI=1S/C21H23Cl3N2O4S/c1-3-30-20-5-4-15(10-13(20)2)31(28,29)26-8-6-14(7-9-26)21(27)25-19-12-17(23)16(22)11-18(19)24/h4-5,10-12,14H,3,6-9H2,1-2H3,(H,25,27). The van der Waals surface area contributed by atoms with E-state index in [1.807, 2.05) is 13.8 Å². The topological polar surface area (TPSA) is 75.7 Å². The number of amides is 1. The number of anilines is 1. The number of hydrogen-bond acceptors (Lipinski definition) is 4. The van der Waals surface area contributed by atoms with Gasteiger partial charge in [0.05, 0.1) is 32.3 Å². The van der Waals surface area contributed by atoms with Crippen molar-refractivity contribution >= 4 is 56.4 Å². The van der Waals surface area contributed by atoms with Crippen molar-refractivity contribution in [2.75, 3.05) is 25.0 Å². The lowest BCUT2D eigenvalue weighted by atomic mass is 9.97. The highest BCUT2D eigenvalue weighted by molar-refractivity contribution is 7.89. The van der Waals surface area contributed by atoms with Crippen LogP contribution in [0.15, 0.2) is 35.2 Å². The molecule has 0 bridgehead atoms. The molecule has 6 nitrogen and oxygen atoms in total. The van der Waals surface area contributed by atoms with Gasteiger partial charge in [0.2, 0.25) is 15.9 Å². The lowest BCUT2D eigenvalue weighted by molar-refractivity contribution is -0.120. The van der Waals surface area contributed by atoms with Crippen LogP contribution in [0, 0.1) is 12.8 Å². The highest BCUT2D eigenvalue weighted by atomic mass is 35.5. The predicted octanol–water partition coefficient (Wildman–Crippen LogP) is 5.39. The van der Waals surface area contributed by atoms with Crippen molar-refractivity contribution < 1.29 is 17.9 Å². The Balaban J connectivity index is 1.65. The average molecular weight is 506 g/mol. The Bertz CT molecular complexity index is 1080. The van der Waals surface area contributed by atoms with Gasteiger partial charge in [-0.2, -0.15) is 4.31 Å². The molecule has 31 heavy (non-hydrogen) atoms. The van der Waals surface area contributed by atoms with Crippen LogP contribution in [0.4, 0.5) is 5.69 Å². The number of hydrogen-bond donors (Lipinski definition) is 1. The van der Waals surface area contributed by atoms with E-state index >= 15 is 0 Å². The Hall–Kier alpha value is -1.51. The molecule has 2 aromatic carbocycles. The molecule has 3 rings (SSSR count). The van der Waals surface area contributed by atoms with Gasteiger partial charge in [0, 0.05) is 19.0 Å². The molecule has 1 heterocycles. The highest BCUT2D eigenvalue weighted by Gasteiger charge is 2.32. The lowest BCUT2D eigenvalue weighted by Crippen LogP contribution is -2.41. The summed E-state index contributed by atoms with van der Waals surface area (Å²) < 4.78 is 33.0. The number of sulfonamides is 1. The van der Waals surface area contributed by atoms with Crippen molar-refractivity contribution in [2.45, 2.75) is 31.6 Å². The van der Waals surface area contributed by atoms with Gasteiger partial charge in [-0.3, -0.25) is 4.79 Å². The number of halogens is 3. The van der Waals surface area contributed by atoms with Gasteiger partial charge in [-0.15, -0.1) is 0 Å². The molecule has 1 N–H and O–H groups in total. The average Bonchev–Trinajstić information content (AvgIpc) is 2.73. The van der Waals surface area contributed by atoms with Crippen molar-refractivity contribution in [3.8, 4) is 5.75 Å². The number of piperidine rings is 1. The summed E-state index contributed by atoms with van der Waals surface area (Å²) >= 11 is 18.0. The summed E-state index contributed by atoms with van der Waals surface area (Å²) in [4.78, 5) is 12.9. The van der Waals surface area contributed by atoms with Crippen LogP contribution in [0.1, 0.15) is 25.3 Å². The molecule has 0 aliphatic carbocycles. The predicted molar refractivity (Wildman–Crippen MR) is 124 cm³/mol. The molecule has 10 heteroatoms. The summed E-state index contributed by atoms with van der Waals surface area (Å²) in [6.45, 7) is 4.70. The van der Waals surface area contributed by atoms with Crippen molar-refractivity contribution in [3.05, 3.63) is 51.0 Å². The van der Waals surface area contributed by atoms with Gasteiger partial charge in [-0.05, 0) is 62.6 Å². The molecule has 1 amide bonds. The fourth-order valence-electron chi connectivity index (χ4n) is 3.46. The monoisotopic (exact) mass is 504 g/mol. The first-order valence-corrected chi connectivity index (χ1v) is 12.4. The molecular formula is C21H23Cl3N2O4S. The summed E-state index contributed by atoms with van der Waals surface area (Å²) in [5.74, 6) is 0.103. The zero-order valence-electron chi connectivity index (χ0n) is 17.1. The maximum Gasteiger partial charge on any atom is 0.243 e. The fraction of sp³-hybridized carbons (Fsp3) is 0.381. The maximum absolute atomic E-state index is 13.0. The van der Waals surface area contributed by atoms with Gasteiger partial charge in [0.15, 0.2) is 0 Å². The van der Waals surface area contributed by atoms with Crippen LogP contribution in [0.25, 0.3) is 0 Å². The van der Waals surface area contributed by atoms with E-state index in [2.05, 4.69) is 5.32 Å². The van der Waals surface area contributed by atoms with Crippen LogP contribution >= 0.6 is 34.8 Å². The molecule has 0 aromatic heterocycles. The molecule has 2 aromatic rings. The molecule has 0 unspecified atom stereocenters. The summed E-state index contributed by atoms with van der Waals surface area (Å²) in [5.41, 5.74) is 1.14. The van der Waals surface area contributed by atoms with Crippen molar-refractivity contribution in [2.24, 2.45) is 5.92 Å². The van der Waals surface area contributed by atoms with Gasteiger partial charge in [-0.1, -0.05) is 34.8 Å². The van der Waals surface area contributed by atoms with Crippen LogP contribution in [0.5, 0.6) is 5.75 Å². The summed E-state index contributed by atoms with van der Waals surface area (Å²) in [5, 5.41) is 3.63. The second-order valence-corrected chi connectivity index (χ2v) is 10.4. The molecular weight excluding hydrogens is 483 g/mol. The number of carbonyl (C=O) groups excluding carboxylic acids is 1. The first-order valence-electron chi connectivity index (χ1n) is 9.82. The zero-order valence-corrected chi connectivity index (χ0v) is 20.2. The van der Waals surface area contributed by atoms with E-state index in [4.69, 9.17) is 39.5 Å². The number of aryl methyl sites for hydroxylation is 1. The minimum atomic E-state index is -3.65. The number of carbonyl (C=O) groups is 1. The van der Waals surface area contributed by atoms with Gasteiger partial charge in [-0.25, -0.2) is 8.42 Å². The third-order valence-corrected chi connectivity index (χ3v) is 8.11. The Morgan fingerprint density at radius 1 is 1.10 bits per heavy atom. The number of nitrogens with zero attached hydrogens (tertiary/aromatic N) is 1. The zero-order chi connectivity index (χ0) is 22.8. The highest BCUT2D eigenvalue weighted by Crippen LogP contribution is 2.33. The molecule has 0 spiro atoms. The van der Waals surface area contributed by atoms with E-state index in [1.54, 1.807) is 18.2 Å². The quantitative estimate of drug-likeness (QED) is 0.534. The van der Waals surface area contributed by atoms with E-state index in [9.17, 15) is 13.2 Å². The van der Waals surface area contributed by atoms with Crippen LogP contribution in [-0.4, -0.2) is 38.3 Å². The maximum atomic E-state index is 13.0. The molecule has 0 atom stereocenters. The van der Waals surface area contributed by atoms with E-state index in [-0.39, 0.29) is 39.9 Å². The first-order chi connectivity index (χ1) is 14.6. The van der Waals surface area contributed by atoms with Crippen molar-refractivity contribution in [1.82, 2.24) is 4.31 Å². The van der Waals surface area contributed by atoms with Crippen LogP contribution in [-0.2, 0) is 14.8 Å². The Morgan fingerprint density at radius 2 is 1.74 bits per heavy atom. The van der Waals surface area contributed by atoms with E-state index < -0.39 is 10.0 Å². The number of benzene rings is 2. The molecule has 0 radical (unpaired) electrons. The van der Waals surface area contributed by atoms with Gasteiger partial charge >= 0.3 is 0 Å². The lowest BCUT2D eigenvalue weighted by Gasteiger charge is -2.30. The molecule has 1 saturated heterocycles. The molecule has 168 valence electrons. The normalized spacial score (nSPS) is 15.6.